The van der Waals surface area contributed by atoms with Gasteiger partial charge >= 0.3 is 12.3 Å². The minimum Gasteiger partial charge on any atom is -0.453 e. The molecule has 0 heterocycles. The van der Waals surface area contributed by atoms with Gasteiger partial charge in [0.25, 0.3) is 0 Å². The molecule has 0 bridgehead atoms. The van der Waals surface area contributed by atoms with Crippen molar-refractivity contribution in [3.8, 4) is 0 Å². The van der Waals surface area contributed by atoms with Crippen molar-refractivity contribution >= 4 is 6.09 Å². The van der Waals surface area contributed by atoms with Crippen LogP contribution in [0.25, 0.3) is 0 Å². The van der Waals surface area contributed by atoms with Crippen LogP contribution in [0, 0.1) is 15.9 Å². The van der Waals surface area contributed by atoms with Crippen LogP contribution in [0.4, 0.5) is 22.4 Å². The van der Waals surface area contributed by atoms with Crippen LogP contribution in [-0.4, -0.2) is 30.8 Å². The van der Waals surface area contributed by atoms with E-state index in [1.165, 1.54) is 5.32 Å². The van der Waals surface area contributed by atoms with Crippen molar-refractivity contribution in [3.05, 3.63) is 45.8 Å². The molecule has 1 aromatic carbocycles. The molecule has 0 aromatic heterocycles. The number of nitro groups is 1. The second-order valence-electron chi connectivity index (χ2n) is 4.02. The third kappa shape index (κ3) is 3.58. The van der Waals surface area contributed by atoms with Crippen LogP contribution in [0.2, 0.25) is 0 Å². The number of benzene rings is 1. The number of alkyl halides is 3. The highest BCUT2D eigenvalue weighted by Crippen LogP contribution is 2.39. The van der Waals surface area contributed by atoms with E-state index < -0.39 is 40.7 Å². The number of nitrogens with zero attached hydrogens (tertiary/aromatic N) is 1. The van der Waals surface area contributed by atoms with Gasteiger partial charge in [-0.2, -0.15) is 13.2 Å². The Morgan fingerprint density at radius 2 is 1.86 bits per heavy atom. The molecule has 1 aromatic rings. The zero-order valence-corrected chi connectivity index (χ0v) is 10.6. The highest BCUT2D eigenvalue weighted by molar-refractivity contribution is 5.68. The Morgan fingerprint density at radius 3 is 2.24 bits per heavy atom. The smallest absolute Gasteiger partial charge is 0.422 e. The number of alkyl carbamates (subject to hydrolysis) is 1. The molecule has 0 aliphatic rings. The number of rotatable bonds is 4. The molecule has 21 heavy (non-hydrogen) atoms. The predicted molar refractivity (Wildman–Crippen MR) is 61.5 cm³/mol. The lowest BCUT2D eigenvalue weighted by Gasteiger charge is -2.32. The Balaban J connectivity index is 3.45. The molecule has 1 unspecified atom stereocenters. The Morgan fingerprint density at radius 1 is 1.33 bits per heavy atom. The maximum Gasteiger partial charge on any atom is 0.422 e. The van der Waals surface area contributed by atoms with Gasteiger partial charge in [-0.15, -0.1) is 0 Å². The lowest BCUT2D eigenvalue weighted by Crippen LogP contribution is -2.60. The van der Waals surface area contributed by atoms with E-state index in [4.69, 9.17) is 0 Å². The summed E-state index contributed by atoms with van der Waals surface area (Å²) in [6.45, 7) is -1.67. The van der Waals surface area contributed by atoms with E-state index >= 15 is 0 Å². The first-order valence-corrected chi connectivity index (χ1v) is 5.43. The molecule has 0 spiro atoms. The lowest BCUT2D eigenvalue weighted by atomic mass is 9.89. The molecule has 0 radical (unpaired) electrons. The van der Waals surface area contributed by atoms with Crippen molar-refractivity contribution < 1.29 is 32.0 Å². The maximum atomic E-state index is 13.4. The summed E-state index contributed by atoms with van der Waals surface area (Å²) < 4.78 is 57.0. The molecule has 10 heteroatoms. The second-order valence-corrected chi connectivity index (χ2v) is 4.02. The van der Waals surface area contributed by atoms with Crippen molar-refractivity contribution in [2.24, 2.45) is 0 Å². The molecular formula is C11H10F4N2O4. The van der Waals surface area contributed by atoms with E-state index in [1.54, 1.807) is 0 Å². The molecule has 1 N–H and O–H groups in total. The van der Waals surface area contributed by atoms with Crippen LogP contribution in [0.1, 0.15) is 5.56 Å². The number of hydrogen-bond donors (Lipinski definition) is 1. The van der Waals surface area contributed by atoms with Gasteiger partial charge in [0.15, 0.2) is 0 Å². The van der Waals surface area contributed by atoms with Crippen molar-refractivity contribution in [2.75, 3.05) is 13.7 Å². The van der Waals surface area contributed by atoms with Gasteiger partial charge in [0, 0.05) is 4.92 Å². The Hall–Kier alpha value is -2.39. The average Bonchev–Trinajstić information content (AvgIpc) is 2.36. The molecule has 116 valence electrons. The minimum absolute atomic E-state index is 0.682. The van der Waals surface area contributed by atoms with E-state index in [0.717, 1.165) is 7.11 Å². The topological polar surface area (TPSA) is 81.5 Å². The van der Waals surface area contributed by atoms with Gasteiger partial charge in [-0.25, -0.2) is 9.18 Å². The maximum absolute atomic E-state index is 13.4. The fraction of sp³-hybridized carbons (Fsp3) is 0.364. The zero-order chi connectivity index (χ0) is 16.3. The van der Waals surface area contributed by atoms with Crippen molar-refractivity contribution in [2.45, 2.75) is 11.7 Å². The van der Waals surface area contributed by atoms with Crippen molar-refractivity contribution in [1.82, 2.24) is 5.32 Å². The molecule has 0 aliphatic heterocycles. The fourth-order valence-corrected chi connectivity index (χ4v) is 1.68. The minimum atomic E-state index is -5.20. The molecule has 0 fully saturated rings. The number of halogens is 4. The second kappa shape index (κ2) is 5.94. The highest BCUT2D eigenvalue weighted by atomic mass is 19.4. The fourth-order valence-electron chi connectivity index (χ4n) is 1.68. The Kier molecular flexibility index (Phi) is 4.71. The monoisotopic (exact) mass is 310 g/mol. The molecule has 6 nitrogen and oxygen atoms in total. The zero-order valence-electron chi connectivity index (χ0n) is 10.6. The van der Waals surface area contributed by atoms with Crippen LogP contribution in [0.5, 0.6) is 0 Å². The molecule has 1 rings (SSSR count). The summed E-state index contributed by atoms with van der Waals surface area (Å²) in [7, 11) is 0.813. The molecular weight excluding hydrogens is 300 g/mol. The van der Waals surface area contributed by atoms with E-state index in [-0.39, 0.29) is 0 Å². The SMILES string of the molecule is COC(=O)NC(C[N+](=O)[O-])(c1ccc(F)cc1)C(F)(F)F. The van der Waals surface area contributed by atoms with Gasteiger partial charge in [-0.3, -0.25) is 15.4 Å². The van der Waals surface area contributed by atoms with Gasteiger partial charge in [-0.1, -0.05) is 12.1 Å². The first kappa shape index (κ1) is 16.7. The molecule has 0 aliphatic carbocycles. The molecule has 0 saturated carbocycles. The summed E-state index contributed by atoms with van der Waals surface area (Å²) >= 11 is 0. The average molecular weight is 310 g/mol. The van der Waals surface area contributed by atoms with Crippen LogP contribution in [0.15, 0.2) is 24.3 Å². The quantitative estimate of drug-likeness (QED) is 0.525. The third-order valence-corrected chi connectivity index (χ3v) is 2.69. The summed E-state index contributed by atoms with van der Waals surface area (Å²) in [5, 5.41) is 12.0. The van der Waals surface area contributed by atoms with Gasteiger partial charge in [-0.05, 0) is 17.7 Å². The number of carbonyl (C=O) groups excluding carboxylic acids is 1. The largest absolute Gasteiger partial charge is 0.453 e. The standard InChI is InChI=1S/C11H10F4N2O4/c1-21-9(18)16-10(6-17(19)20,11(13,14)15)7-2-4-8(12)5-3-7/h2-5H,6H2,1H3,(H,16,18). The number of amides is 1. The summed E-state index contributed by atoms with van der Waals surface area (Å²) in [4.78, 5) is 20.5. The molecule has 0 saturated heterocycles. The van der Waals surface area contributed by atoms with Gasteiger partial charge in [0.2, 0.25) is 12.1 Å². The number of carbonyl (C=O) groups is 1. The highest BCUT2D eigenvalue weighted by Gasteiger charge is 2.61. The third-order valence-electron chi connectivity index (χ3n) is 2.69. The summed E-state index contributed by atoms with van der Waals surface area (Å²) in [6, 6.07) is 2.83. The Bertz CT molecular complexity index is 532. The van der Waals surface area contributed by atoms with Gasteiger partial charge in [0.1, 0.15) is 5.82 Å². The van der Waals surface area contributed by atoms with E-state index in [0.29, 0.717) is 24.3 Å². The number of ether oxygens (including phenoxy) is 1. The molecule has 1 atom stereocenters. The van der Waals surface area contributed by atoms with Gasteiger partial charge in [0.05, 0.1) is 7.11 Å². The van der Waals surface area contributed by atoms with Crippen LogP contribution < -0.4 is 5.32 Å². The summed E-state index contributed by atoms with van der Waals surface area (Å²) in [5.41, 5.74) is -4.00. The van der Waals surface area contributed by atoms with Gasteiger partial charge < -0.3 is 4.74 Å². The Labute approximate surface area is 115 Å². The lowest BCUT2D eigenvalue weighted by molar-refractivity contribution is -0.503. The first-order chi connectivity index (χ1) is 9.62. The predicted octanol–water partition coefficient (Wildman–Crippen LogP) is 2.22. The normalized spacial score (nSPS) is 14.1. The van der Waals surface area contributed by atoms with Crippen LogP contribution in [0.3, 0.4) is 0 Å². The van der Waals surface area contributed by atoms with Crippen LogP contribution in [-0.2, 0) is 10.3 Å². The van der Waals surface area contributed by atoms with E-state index in [2.05, 4.69) is 4.74 Å². The van der Waals surface area contributed by atoms with Crippen molar-refractivity contribution in [1.29, 1.82) is 0 Å². The van der Waals surface area contributed by atoms with E-state index in [1.807, 2.05) is 0 Å². The van der Waals surface area contributed by atoms with E-state index in [9.17, 15) is 32.5 Å². The summed E-state index contributed by atoms with van der Waals surface area (Å²) in [6.07, 6.45) is -6.70. The van der Waals surface area contributed by atoms with Crippen LogP contribution >= 0.6 is 0 Å². The number of hydrogen-bond acceptors (Lipinski definition) is 4. The number of nitrogens with one attached hydrogen (secondary N) is 1. The number of methoxy groups -OCH3 is 1. The first-order valence-electron chi connectivity index (χ1n) is 5.43. The molecule has 1 amide bonds. The summed E-state index contributed by atoms with van der Waals surface area (Å²) in [5.74, 6) is -0.825. The van der Waals surface area contributed by atoms with Crippen molar-refractivity contribution in [3.63, 3.8) is 0 Å².